The number of benzene rings is 1. The summed E-state index contributed by atoms with van der Waals surface area (Å²) in [6, 6.07) is 7.91. The lowest BCUT2D eigenvalue weighted by molar-refractivity contribution is 0.0917. The highest BCUT2D eigenvalue weighted by atomic mass is 32.1. The highest BCUT2D eigenvalue weighted by Gasteiger charge is 2.20. The molecule has 1 fully saturated rings. The Kier molecular flexibility index (Phi) is 3.88. The van der Waals surface area contributed by atoms with Crippen LogP contribution in [0.15, 0.2) is 24.3 Å². The van der Waals surface area contributed by atoms with Gasteiger partial charge in [-0.2, -0.15) is 9.36 Å². The molecule has 1 saturated carbocycles. The van der Waals surface area contributed by atoms with Crippen molar-refractivity contribution in [1.82, 2.24) is 14.7 Å². The smallest absolute Gasteiger partial charge is 0.251 e. The standard InChI is InChI=1S/C15H18N4OS/c1-19(2)15-17-14(21-18-15)11-8-6-10(7-9-11)13(20)16-12-4-3-5-12/h6-9,12H,3-5H2,1-2H3,(H,16,20). The summed E-state index contributed by atoms with van der Waals surface area (Å²) in [7, 11) is 3.83. The first-order valence-electron chi connectivity index (χ1n) is 7.06. The van der Waals surface area contributed by atoms with E-state index in [1.54, 1.807) is 0 Å². The Morgan fingerprint density at radius 1 is 1.29 bits per heavy atom. The summed E-state index contributed by atoms with van der Waals surface area (Å²) in [5, 5.41) is 3.91. The number of aromatic nitrogens is 2. The van der Waals surface area contributed by atoms with Crippen LogP contribution in [0, 0.1) is 0 Å². The molecular weight excluding hydrogens is 284 g/mol. The molecule has 1 aliphatic carbocycles. The van der Waals surface area contributed by atoms with Crippen LogP contribution in [-0.4, -0.2) is 35.4 Å². The average molecular weight is 302 g/mol. The van der Waals surface area contributed by atoms with E-state index in [0.29, 0.717) is 17.6 Å². The van der Waals surface area contributed by atoms with Crippen molar-refractivity contribution in [2.75, 3.05) is 19.0 Å². The number of nitrogens with one attached hydrogen (secondary N) is 1. The maximum absolute atomic E-state index is 12.0. The SMILES string of the molecule is CN(C)c1nsc(-c2ccc(C(=O)NC3CCC3)cc2)n1. The zero-order valence-corrected chi connectivity index (χ0v) is 13.0. The quantitative estimate of drug-likeness (QED) is 0.943. The van der Waals surface area contributed by atoms with Gasteiger partial charge in [0.2, 0.25) is 5.95 Å². The molecule has 0 atom stereocenters. The van der Waals surface area contributed by atoms with E-state index >= 15 is 0 Å². The van der Waals surface area contributed by atoms with Crippen LogP contribution in [0.3, 0.4) is 0 Å². The van der Waals surface area contributed by atoms with E-state index in [1.165, 1.54) is 18.0 Å². The molecule has 3 rings (SSSR count). The zero-order valence-electron chi connectivity index (χ0n) is 12.2. The van der Waals surface area contributed by atoms with Gasteiger partial charge in [-0.05, 0) is 42.9 Å². The van der Waals surface area contributed by atoms with Gasteiger partial charge < -0.3 is 10.2 Å². The molecule has 1 amide bonds. The molecule has 0 aliphatic heterocycles. The van der Waals surface area contributed by atoms with Crippen LogP contribution in [0.1, 0.15) is 29.6 Å². The summed E-state index contributed by atoms with van der Waals surface area (Å²) < 4.78 is 4.28. The Balaban J connectivity index is 1.71. The van der Waals surface area contributed by atoms with Crippen molar-refractivity contribution in [2.24, 2.45) is 0 Å². The minimum Gasteiger partial charge on any atom is -0.349 e. The normalized spacial score (nSPS) is 14.6. The summed E-state index contributed by atoms with van der Waals surface area (Å²) in [6.07, 6.45) is 3.42. The Hall–Kier alpha value is -1.95. The number of amides is 1. The molecule has 1 N–H and O–H groups in total. The topological polar surface area (TPSA) is 58.1 Å². The molecular formula is C15H18N4OS. The summed E-state index contributed by atoms with van der Waals surface area (Å²) in [5.74, 6) is 0.722. The van der Waals surface area contributed by atoms with Crippen molar-refractivity contribution in [3.63, 3.8) is 0 Å². The minimum atomic E-state index is 0.0116. The third kappa shape index (κ3) is 3.05. The summed E-state index contributed by atoms with van der Waals surface area (Å²) in [5.41, 5.74) is 1.68. The fourth-order valence-electron chi connectivity index (χ4n) is 2.10. The first kappa shape index (κ1) is 14.0. The Morgan fingerprint density at radius 3 is 2.52 bits per heavy atom. The van der Waals surface area contributed by atoms with Crippen molar-refractivity contribution in [3.8, 4) is 10.6 Å². The molecule has 21 heavy (non-hydrogen) atoms. The summed E-state index contributed by atoms with van der Waals surface area (Å²) >= 11 is 1.37. The van der Waals surface area contributed by atoms with E-state index in [0.717, 1.165) is 23.4 Å². The maximum atomic E-state index is 12.0. The monoisotopic (exact) mass is 302 g/mol. The largest absolute Gasteiger partial charge is 0.349 e. The average Bonchev–Trinajstić information content (AvgIpc) is 2.93. The van der Waals surface area contributed by atoms with Gasteiger partial charge in [-0.15, -0.1) is 0 Å². The Morgan fingerprint density at radius 2 is 2.00 bits per heavy atom. The van der Waals surface area contributed by atoms with Crippen LogP contribution >= 0.6 is 11.5 Å². The third-order valence-corrected chi connectivity index (χ3v) is 4.40. The fraction of sp³-hybridized carbons (Fsp3) is 0.400. The van der Waals surface area contributed by atoms with Gasteiger partial charge in [0, 0.05) is 31.3 Å². The van der Waals surface area contributed by atoms with Gasteiger partial charge in [-0.25, -0.2) is 0 Å². The second kappa shape index (κ2) is 5.81. The Bertz CT molecular complexity index is 631. The number of anilines is 1. The molecule has 0 spiro atoms. The number of rotatable bonds is 4. The van der Waals surface area contributed by atoms with Crippen LogP contribution in [0.4, 0.5) is 5.95 Å². The first-order valence-corrected chi connectivity index (χ1v) is 7.83. The van der Waals surface area contributed by atoms with Gasteiger partial charge in [0.05, 0.1) is 0 Å². The minimum absolute atomic E-state index is 0.0116. The van der Waals surface area contributed by atoms with Crippen molar-refractivity contribution in [2.45, 2.75) is 25.3 Å². The molecule has 0 bridgehead atoms. The van der Waals surface area contributed by atoms with Gasteiger partial charge in [0.25, 0.3) is 5.91 Å². The van der Waals surface area contributed by atoms with Crippen molar-refractivity contribution < 1.29 is 4.79 Å². The highest BCUT2D eigenvalue weighted by Crippen LogP contribution is 2.24. The van der Waals surface area contributed by atoms with Crippen LogP contribution < -0.4 is 10.2 Å². The lowest BCUT2D eigenvalue weighted by Gasteiger charge is -2.26. The lowest BCUT2D eigenvalue weighted by Crippen LogP contribution is -2.39. The van der Waals surface area contributed by atoms with Gasteiger partial charge in [0.1, 0.15) is 5.01 Å². The van der Waals surface area contributed by atoms with E-state index < -0.39 is 0 Å². The predicted octanol–water partition coefficient (Wildman–Crippen LogP) is 2.55. The summed E-state index contributed by atoms with van der Waals surface area (Å²) in [6.45, 7) is 0. The maximum Gasteiger partial charge on any atom is 0.251 e. The van der Waals surface area contributed by atoms with Gasteiger partial charge in [0.15, 0.2) is 0 Å². The van der Waals surface area contributed by atoms with E-state index in [2.05, 4.69) is 14.7 Å². The van der Waals surface area contributed by atoms with Crippen LogP contribution in [0.5, 0.6) is 0 Å². The van der Waals surface area contributed by atoms with Crippen molar-refractivity contribution in [3.05, 3.63) is 29.8 Å². The summed E-state index contributed by atoms with van der Waals surface area (Å²) in [4.78, 5) is 18.4. The first-order chi connectivity index (χ1) is 10.1. The number of hydrogen-bond donors (Lipinski definition) is 1. The van der Waals surface area contributed by atoms with E-state index in [1.807, 2.05) is 43.3 Å². The number of carbonyl (C=O) groups is 1. The van der Waals surface area contributed by atoms with Crippen molar-refractivity contribution in [1.29, 1.82) is 0 Å². The molecule has 0 saturated heterocycles. The number of carbonyl (C=O) groups excluding carboxylic acids is 1. The van der Waals surface area contributed by atoms with Crippen LogP contribution in [0.25, 0.3) is 10.6 Å². The van der Waals surface area contributed by atoms with Gasteiger partial charge in [-0.3, -0.25) is 4.79 Å². The molecule has 2 aromatic rings. The zero-order chi connectivity index (χ0) is 14.8. The fourth-order valence-corrected chi connectivity index (χ4v) is 2.84. The second-order valence-corrected chi connectivity index (χ2v) is 6.22. The molecule has 0 radical (unpaired) electrons. The van der Waals surface area contributed by atoms with E-state index in [-0.39, 0.29) is 5.91 Å². The predicted molar refractivity (Wildman–Crippen MR) is 84.8 cm³/mol. The highest BCUT2D eigenvalue weighted by molar-refractivity contribution is 7.09. The molecule has 1 aliphatic rings. The molecule has 1 heterocycles. The van der Waals surface area contributed by atoms with Gasteiger partial charge in [-0.1, -0.05) is 12.1 Å². The van der Waals surface area contributed by atoms with Crippen LogP contribution in [0.2, 0.25) is 0 Å². The van der Waals surface area contributed by atoms with Crippen LogP contribution in [-0.2, 0) is 0 Å². The van der Waals surface area contributed by atoms with E-state index in [4.69, 9.17) is 0 Å². The third-order valence-electron chi connectivity index (χ3n) is 3.65. The van der Waals surface area contributed by atoms with Gasteiger partial charge >= 0.3 is 0 Å². The molecule has 1 aromatic carbocycles. The molecule has 110 valence electrons. The Labute approximate surface area is 128 Å². The number of nitrogens with zero attached hydrogens (tertiary/aromatic N) is 3. The molecule has 0 unspecified atom stereocenters. The van der Waals surface area contributed by atoms with Crippen molar-refractivity contribution >= 4 is 23.4 Å². The molecule has 5 nitrogen and oxygen atoms in total. The molecule has 1 aromatic heterocycles. The molecule has 6 heteroatoms. The lowest BCUT2D eigenvalue weighted by atomic mass is 9.93. The second-order valence-electron chi connectivity index (χ2n) is 5.47. The number of hydrogen-bond acceptors (Lipinski definition) is 5. The van der Waals surface area contributed by atoms with E-state index in [9.17, 15) is 4.79 Å².